The molecule has 1 rings (SSSR count). The van der Waals surface area contributed by atoms with Crippen LogP contribution in [0.5, 0.6) is 0 Å². The topological polar surface area (TPSA) is 206 Å². The van der Waals surface area contributed by atoms with Gasteiger partial charge in [0.15, 0.2) is 6.10 Å². The molecule has 0 aromatic carbocycles. The number of Topliss-reactive ketones (excluding diaryl/α,β-unsaturated/α-hetero) is 1. The molecule has 7 atom stereocenters. The summed E-state index contributed by atoms with van der Waals surface area (Å²) in [5.41, 5.74) is 0. The molecule has 1 aliphatic carbocycles. The number of hydrogen-bond donors (Lipinski definition) is 5. The van der Waals surface area contributed by atoms with Gasteiger partial charge in [0.1, 0.15) is 18.5 Å². The lowest BCUT2D eigenvalue weighted by Gasteiger charge is -2.20. The molecule has 0 radical (unpaired) electrons. The van der Waals surface area contributed by atoms with Crippen molar-refractivity contribution in [2.45, 2.75) is 160 Å². The van der Waals surface area contributed by atoms with E-state index < -0.39 is 76.5 Å². The summed E-state index contributed by atoms with van der Waals surface area (Å²) < 4.78 is 32.6. The van der Waals surface area contributed by atoms with Gasteiger partial charge in [-0.15, -0.1) is 0 Å². The zero-order valence-corrected chi connectivity index (χ0v) is 35.8. The molecule has 1 unspecified atom stereocenters. The van der Waals surface area contributed by atoms with Gasteiger partial charge in [-0.05, 0) is 70.6 Å². The smallest absolute Gasteiger partial charge is 0.462 e. The van der Waals surface area contributed by atoms with E-state index in [-0.39, 0.29) is 31.0 Å². The zero-order valence-electron chi connectivity index (χ0n) is 35.0. The lowest BCUT2D eigenvalue weighted by Crippen LogP contribution is -2.29. The Bertz CT molecular complexity index is 1310. The summed E-state index contributed by atoms with van der Waals surface area (Å²) in [4.78, 5) is 47.7. The number of hydrogen-bond acceptors (Lipinski definition) is 12. The molecule has 1 saturated carbocycles. The minimum Gasteiger partial charge on any atom is -0.462 e. The molecular formula is C44H73O13P. The molecule has 5 N–H and O–H groups in total. The summed E-state index contributed by atoms with van der Waals surface area (Å²) in [6, 6.07) is 0. The van der Waals surface area contributed by atoms with Gasteiger partial charge in [0.2, 0.25) is 0 Å². The van der Waals surface area contributed by atoms with Gasteiger partial charge in [-0.2, -0.15) is 0 Å². The van der Waals surface area contributed by atoms with E-state index in [9.17, 15) is 39.2 Å². The highest BCUT2D eigenvalue weighted by Crippen LogP contribution is 2.43. The second kappa shape index (κ2) is 34.0. The quantitative estimate of drug-likeness (QED) is 0.0180. The summed E-state index contributed by atoms with van der Waals surface area (Å²) >= 11 is 0. The van der Waals surface area contributed by atoms with Crippen LogP contribution in [0.1, 0.15) is 136 Å². The van der Waals surface area contributed by atoms with Crippen molar-refractivity contribution in [2.24, 2.45) is 11.8 Å². The second-order valence-electron chi connectivity index (χ2n) is 14.8. The summed E-state index contributed by atoms with van der Waals surface area (Å²) in [6.07, 6.45) is 29.9. The molecule has 0 bridgehead atoms. The molecule has 0 aliphatic heterocycles. The van der Waals surface area contributed by atoms with E-state index >= 15 is 0 Å². The van der Waals surface area contributed by atoms with Gasteiger partial charge < -0.3 is 34.8 Å². The number of esters is 2. The standard InChI is InChI=1S/C44H73O13P/c1-3-5-7-8-9-10-11-12-13-14-15-16-17-18-23-27-43(50)54-34-38(35-56-58(52,53)55-33-37(47)32-45)57-44(51)28-24-20-19-22-26-39-40(42(49)31-41(39)48)30-29-36(46)25-21-6-4-2/h9-10,12-13,15-16,19,22,29-30,36-40,42,45-47,49H,3-8,11,14,17-18,20-21,23-28,31-35H2,1-2H3,(H,52,53)/b10-9-,13-12-,16-15-,22-19-,30-29+/t36-,37-,38+,39+,40+,42+/m0/s1. The number of phosphoric ester groups is 1. The molecule has 14 heteroatoms. The first-order valence-electron chi connectivity index (χ1n) is 21.3. The number of ketones is 1. The van der Waals surface area contributed by atoms with E-state index in [0.29, 0.717) is 32.1 Å². The SMILES string of the molecule is CCCCC/C=C\C/C=C\C/C=C\CCCCC(=O)OC[C@H](COP(=O)(O)OC[C@@H](O)CO)OC(=O)CCC/C=C\C[C@H]1C(=O)C[C@@H](O)[C@@H]1/C=C/[C@@H](O)CCCCC. The van der Waals surface area contributed by atoms with Gasteiger partial charge in [-0.1, -0.05) is 107 Å². The first-order chi connectivity index (χ1) is 27.9. The Morgan fingerprint density at radius 3 is 2.03 bits per heavy atom. The van der Waals surface area contributed by atoms with E-state index in [2.05, 4.69) is 54.8 Å². The summed E-state index contributed by atoms with van der Waals surface area (Å²) in [5.74, 6) is -1.98. The van der Waals surface area contributed by atoms with Crippen LogP contribution >= 0.6 is 7.82 Å². The van der Waals surface area contributed by atoms with Gasteiger partial charge >= 0.3 is 19.8 Å². The van der Waals surface area contributed by atoms with Crippen molar-refractivity contribution in [3.63, 3.8) is 0 Å². The van der Waals surface area contributed by atoms with E-state index in [0.717, 1.165) is 51.4 Å². The lowest BCUT2D eigenvalue weighted by molar-refractivity contribution is -0.161. The van der Waals surface area contributed by atoms with Gasteiger partial charge in [0.25, 0.3) is 0 Å². The number of ether oxygens (including phenoxy) is 2. The molecule has 0 heterocycles. The molecule has 0 aromatic rings. The van der Waals surface area contributed by atoms with Gasteiger partial charge in [0.05, 0.1) is 32.0 Å². The van der Waals surface area contributed by atoms with Crippen LogP contribution in [0, 0.1) is 11.8 Å². The Morgan fingerprint density at radius 1 is 0.776 bits per heavy atom. The number of aliphatic hydroxyl groups excluding tert-OH is 4. The van der Waals surface area contributed by atoms with Crippen molar-refractivity contribution in [1.82, 2.24) is 0 Å². The molecule has 0 saturated heterocycles. The number of carbonyl (C=O) groups excluding carboxylic acids is 3. The van der Waals surface area contributed by atoms with E-state index in [1.165, 1.54) is 19.3 Å². The largest absolute Gasteiger partial charge is 0.472 e. The van der Waals surface area contributed by atoms with Crippen LogP contribution in [0.4, 0.5) is 0 Å². The molecule has 58 heavy (non-hydrogen) atoms. The average molecular weight is 841 g/mol. The first-order valence-corrected chi connectivity index (χ1v) is 22.8. The third-order valence-corrected chi connectivity index (χ3v) is 10.5. The highest BCUT2D eigenvalue weighted by atomic mass is 31.2. The van der Waals surface area contributed by atoms with Crippen LogP contribution in [0.2, 0.25) is 0 Å². The third kappa shape index (κ3) is 27.9. The van der Waals surface area contributed by atoms with Gasteiger partial charge in [-0.25, -0.2) is 4.57 Å². The molecule has 0 aromatic heterocycles. The number of rotatable bonds is 35. The highest BCUT2D eigenvalue weighted by molar-refractivity contribution is 7.47. The van der Waals surface area contributed by atoms with Gasteiger partial charge in [-0.3, -0.25) is 23.4 Å². The Morgan fingerprint density at radius 2 is 1.36 bits per heavy atom. The summed E-state index contributed by atoms with van der Waals surface area (Å²) in [7, 11) is -4.70. The second-order valence-corrected chi connectivity index (χ2v) is 16.2. The Hall–Kier alpha value is -2.74. The van der Waals surface area contributed by atoms with Crippen LogP contribution < -0.4 is 0 Å². The zero-order chi connectivity index (χ0) is 42.9. The van der Waals surface area contributed by atoms with Crippen LogP contribution in [-0.4, -0.2) is 93.9 Å². The molecule has 1 fully saturated rings. The van der Waals surface area contributed by atoms with Crippen molar-refractivity contribution >= 4 is 25.5 Å². The van der Waals surface area contributed by atoms with Crippen LogP contribution in [0.3, 0.4) is 0 Å². The number of phosphoric acid groups is 1. The summed E-state index contributed by atoms with van der Waals surface area (Å²) in [5, 5.41) is 39.0. The molecule has 332 valence electrons. The number of allylic oxidation sites excluding steroid dienone is 8. The van der Waals surface area contributed by atoms with Crippen molar-refractivity contribution in [1.29, 1.82) is 0 Å². The van der Waals surface area contributed by atoms with Crippen molar-refractivity contribution in [3.8, 4) is 0 Å². The molecule has 13 nitrogen and oxygen atoms in total. The van der Waals surface area contributed by atoms with Crippen LogP contribution in [-0.2, 0) is 37.5 Å². The molecule has 0 amide bonds. The lowest BCUT2D eigenvalue weighted by atomic mass is 9.90. The maximum Gasteiger partial charge on any atom is 0.472 e. The minimum absolute atomic E-state index is 0.0212. The minimum atomic E-state index is -4.70. The fourth-order valence-electron chi connectivity index (χ4n) is 6.10. The van der Waals surface area contributed by atoms with Crippen molar-refractivity contribution in [2.75, 3.05) is 26.4 Å². The maximum absolute atomic E-state index is 12.7. The number of unbranched alkanes of at least 4 members (excludes halogenated alkanes) is 8. The van der Waals surface area contributed by atoms with E-state index in [1.54, 1.807) is 12.2 Å². The average Bonchev–Trinajstić information content (AvgIpc) is 3.47. The Balaban J connectivity index is 2.54. The predicted molar refractivity (Wildman–Crippen MR) is 224 cm³/mol. The monoisotopic (exact) mass is 840 g/mol. The fraction of sp³-hybridized carbons (Fsp3) is 0.705. The molecule has 0 spiro atoms. The number of carbonyl (C=O) groups is 3. The first kappa shape index (κ1) is 53.3. The van der Waals surface area contributed by atoms with Crippen LogP contribution in [0.25, 0.3) is 0 Å². The maximum atomic E-state index is 12.7. The van der Waals surface area contributed by atoms with E-state index in [4.69, 9.17) is 19.1 Å². The van der Waals surface area contributed by atoms with Gasteiger partial charge in [0, 0.05) is 31.1 Å². The molecule has 1 aliphatic rings. The van der Waals surface area contributed by atoms with E-state index in [1.807, 2.05) is 12.2 Å². The molecular weight excluding hydrogens is 767 g/mol. The Kier molecular flexibility index (Phi) is 31.3. The Labute approximate surface area is 346 Å². The van der Waals surface area contributed by atoms with Crippen LogP contribution in [0.15, 0.2) is 60.8 Å². The normalized spacial score (nSPS) is 20.2. The predicted octanol–water partition coefficient (Wildman–Crippen LogP) is 7.70. The highest BCUT2D eigenvalue weighted by Gasteiger charge is 2.39. The number of aliphatic hydroxyl groups is 4. The fourth-order valence-corrected chi connectivity index (χ4v) is 6.89. The third-order valence-electron chi connectivity index (χ3n) is 9.51. The van der Waals surface area contributed by atoms with Crippen molar-refractivity contribution < 1.29 is 62.8 Å². The van der Waals surface area contributed by atoms with Crippen molar-refractivity contribution in [3.05, 3.63) is 60.8 Å². The summed E-state index contributed by atoms with van der Waals surface area (Å²) in [6.45, 7) is 1.87.